The molecular weight excluding hydrogens is 384 g/mol. The van der Waals surface area contributed by atoms with Gasteiger partial charge in [-0.1, -0.05) is 12.1 Å². The van der Waals surface area contributed by atoms with Gasteiger partial charge in [-0.3, -0.25) is 0 Å². The van der Waals surface area contributed by atoms with E-state index in [-0.39, 0.29) is 7.18 Å². The fourth-order valence-corrected chi connectivity index (χ4v) is 5.10. The molecule has 1 fully saturated rings. The minimum Gasteiger partial charge on any atom is -0.382 e. The van der Waals surface area contributed by atoms with Crippen molar-refractivity contribution >= 4 is 43.2 Å². The summed E-state index contributed by atoms with van der Waals surface area (Å²) in [6.07, 6.45) is 1.64. The molecule has 1 aliphatic rings. The zero-order chi connectivity index (χ0) is 19.0. The van der Waals surface area contributed by atoms with Gasteiger partial charge in [-0.25, -0.2) is 23.4 Å². The zero-order valence-electron chi connectivity index (χ0n) is 14.9. The molecule has 0 saturated carbocycles. The normalized spacial score (nSPS) is 16.1. The van der Waals surface area contributed by atoms with E-state index in [2.05, 4.69) is 15.0 Å². The summed E-state index contributed by atoms with van der Waals surface area (Å²) in [6, 6.07) is 7.88. The summed E-state index contributed by atoms with van der Waals surface area (Å²) in [7, 11) is -3.16. The van der Waals surface area contributed by atoms with Gasteiger partial charge in [-0.15, -0.1) is 11.3 Å². The Kier molecular flexibility index (Phi) is 4.70. The van der Waals surface area contributed by atoms with Gasteiger partial charge in [0.25, 0.3) is 0 Å². The lowest BCUT2D eigenvalue weighted by molar-refractivity contribution is 0.384. The lowest BCUT2D eigenvalue weighted by Crippen LogP contribution is -2.49. The number of piperazine rings is 1. The van der Waals surface area contributed by atoms with E-state index in [9.17, 15) is 8.42 Å². The number of rotatable bonds is 4. The van der Waals surface area contributed by atoms with E-state index in [0.29, 0.717) is 43.5 Å². The van der Waals surface area contributed by atoms with Gasteiger partial charge in [0, 0.05) is 27.6 Å². The SMILES string of the molecule is CCS(=O)(=O)N1CCN(c2cnc(N)c(-c3nc4ccccc4s3)n2)CC1.[HH]. The van der Waals surface area contributed by atoms with Gasteiger partial charge in [0.1, 0.15) is 16.5 Å². The van der Waals surface area contributed by atoms with Crippen molar-refractivity contribution in [1.29, 1.82) is 0 Å². The maximum absolute atomic E-state index is 12.0. The topological polar surface area (TPSA) is 105 Å². The molecule has 0 bridgehead atoms. The molecule has 2 N–H and O–H groups in total. The molecule has 0 spiro atoms. The van der Waals surface area contributed by atoms with E-state index in [1.54, 1.807) is 13.1 Å². The van der Waals surface area contributed by atoms with E-state index in [1.807, 2.05) is 29.2 Å². The Morgan fingerprint density at radius 2 is 1.93 bits per heavy atom. The van der Waals surface area contributed by atoms with Crippen LogP contribution in [0.25, 0.3) is 20.9 Å². The predicted octanol–water partition coefficient (Wildman–Crippen LogP) is 2.05. The third-order valence-electron chi connectivity index (χ3n) is 4.61. The number of hydrogen-bond acceptors (Lipinski definition) is 8. The van der Waals surface area contributed by atoms with E-state index in [1.165, 1.54) is 15.6 Å². The number of nitrogen functional groups attached to an aromatic ring is 1. The van der Waals surface area contributed by atoms with Crippen LogP contribution in [-0.2, 0) is 10.0 Å². The zero-order valence-corrected chi connectivity index (χ0v) is 16.5. The van der Waals surface area contributed by atoms with Crippen LogP contribution in [-0.4, -0.2) is 59.6 Å². The van der Waals surface area contributed by atoms with Crippen molar-refractivity contribution in [2.24, 2.45) is 0 Å². The van der Waals surface area contributed by atoms with E-state index in [0.717, 1.165) is 15.2 Å². The summed E-state index contributed by atoms with van der Waals surface area (Å²) in [5.74, 6) is 1.15. The van der Waals surface area contributed by atoms with Crippen LogP contribution in [0.15, 0.2) is 30.5 Å². The van der Waals surface area contributed by atoms with Crippen LogP contribution in [0.4, 0.5) is 11.6 Å². The van der Waals surface area contributed by atoms with Crippen LogP contribution >= 0.6 is 11.3 Å². The first-order valence-electron chi connectivity index (χ1n) is 8.69. The molecule has 27 heavy (non-hydrogen) atoms. The average Bonchev–Trinajstić information content (AvgIpc) is 3.12. The summed E-state index contributed by atoms with van der Waals surface area (Å²) in [5, 5.41) is 0.732. The first-order valence-corrected chi connectivity index (χ1v) is 11.1. The number of nitrogens with two attached hydrogens (primary N) is 1. The smallest absolute Gasteiger partial charge is 0.213 e. The molecule has 3 aromatic rings. The van der Waals surface area contributed by atoms with Crippen LogP contribution in [0, 0.1) is 0 Å². The quantitative estimate of drug-likeness (QED) is 0.707. The van der Waals surface area contributed by atoms with Crippen molar-refractivity contribution in [3.63, 3.8) is 0 Å². The van der Waals surface area contributed by atoms with Crippen molar-refractivity contribution in [1.82, 2.24) is 19.3 Å². The first-order chi connectivity index (χ1) is 13.0. The molecule has 3 heterocycles. The molecule has 10 heteroatoms. The number of benzene rings is 1. The highest BCUT2D eigenvalue weighted by Gasteiger charge is 2.26. The van der Waals surface area contributed by atoms with Gasteiger partial charge in [-0.05, 0) is 19.1 Å². The Bertz CT molecular complexity index is 1050. The van der Waals surface area contributed by atoms with Crippen molar-refractivity contribution in [2.45, 2.75) is 6.92 Å². The predicted molar refractivity (Wildman–Crippen MR) is 110 cm³/mol. The molecule has 1 aromatic carbocycles. The van der Waals surface area contributed by atoms with Gasteiger partial charge in [0.2, 0.25) is 10.0 Å². The first kappa shape index (κ1) is 18.1. The Hall–Kier alpha value is -2.30. The van der Waals surface area contributed by atoms with E-state index in [4.69, 9.17) is 5.73 Å². The van der Waals surface area contributed by atoms with Crippen LogP contribution in [0.2, 0.25) is 0 Å². The van der Waals surface area contributed by atoms with Crippen LogP contribution in [0.3, 0.4) is 0 Å². The number of thiazole rings is 1. The number of para-hydroxylation sites is 1. The van der Waals surface area contributed by atoms with Crippen molar-refractivity contribution in [3.05, 3.63) is 30.5 Å². The minimum atomic E-state index is -3.16. The molecule has 0 unspecified atom stereocenters. The lowest BCUT2D eigenvalue weighted by Gasteiger charge is -2.34. The van der Waals surface area contributed by atoms with Crippen molar-refractivity contribution < 1.29 is 9.84 Å². The molecule has 4 rings (SSSR count). The highest BCUT2D eigenvalue weighted by atomic mass is 32.2. The minimum absolute atomic E-state index is 0. The standard InChI is InChI=1S/C17H20N6O2S2.H2/c1-2-27(24,25)23-9-7-22(8-10-23)14-11-19-16(18)15(21-14)17-20-12-5-3-4-6-13(12)26-17;/h3-6,11H,2,7-10H2,1H3,(H2,18,19);1H. The molecule has 144 valence electrons. The summed E-state index contributed by atoms with van der Waals surface area (Å²) in [6.45, 7) is 3.68. The number of hydrogen-bond donors (Lipinski definition) is 1. The van der Waals surface area contributed by atoms with Crippen LogP contribution in [0.1, 0.15) is 8.35 Å². The number of aromatic nitrogens is 3. The van der Waals surface area contributed by atoms with Gasteiger partial charge in [-0.2, -0.15) is 4.31 Å². The largest absolute Gasteiger partial charge is 0.382 e. The Morgan fingerprint density at radius 1 is 1.19 bits per heavy atom. The monoisotopic (exact) mass is 406 g/mol. The molecule has 0 amide bonds. The van der Waals surface area contributed by atoms with E-state index < -0.39 is 10.0 Å². The van der Waals surface area contributed by atoms with Crippen molar-refractivity contribution in [3.8, 4) is 10.7 Å². The fourth-order valence-electron chi connectivity index (χ4n) is 3.05. The number of anilines is 2. The lowest BCUT2D eigenvalue weighted by atomic mass is 10.3. The maximum Gasteiger partial charge on any atom is 0.213 e. The average molecular weight is 407 g/mol. The summed E-state index contributed by atoms with van der Waals surface area (Å²) < 4.78 is 26.6. The molecule has 1 saturated heterocycles. The highest BCUT2D eigenvalue weighted by molar-refractivity contribution is 7.89. The Morgan fingerprint density at radius 3 is 2.63 bits per heavy atom. The molecule has 0 aliphatic carbocycles. The molecule has 0 radical (unpaired) electrons. The highest BCUT2D eigenvalue weighted by Crippen LogP contribution is 2.32. The molecule has 1 aliphatic heterocycles. The van der Waals surface area contributed by atoms with Gasteiger partial charge < -0.3 is 10.6 Å². The van der Waals surface area contributed by atoms with E-state index >= 15 is 0 Å². The van der Waals surface area contributed by atoms with Crippen molar-refractivity contribution in [2.75, 3.05) is 42.6 Å². The molecular formula is C17H22N6O2S2. The second-order valence-corrected chi connectivity index (χ2v) is 9.52. The number of fused-ring (bicyclic) bond motifs is 1. The third kappa shape index (κ3) is 3.47. The summed E-state index contributed by atoms with van der Waals surface area (Å²) in [4.78, 5) is 15.6. The summed E-state index contributed by atoms with van der Waals surface area (Å²) in [5.41, 5.74) is 7.53. The van der Waals surface area contributed by atoms with Crippen LogP contribution < -0.4 is 10.6 Å². The second kappa shape index (κ2) is 7.02. The maximum atomic E-state index is 12.0. The Balaban J connectivity index is 0.00000225. The Labute approximate surface area is 163 Å². The fraction of sp³-hybridized carbons (Fsp3) is 0.353. The molecule has 2 aromatic heterocycles. The number of sulfonamides is 1. The molecule has 8 nitrogen and oxygen atoms in total. The third-order valence-corrected chi connectivity index (χ3v) is 7.53. The van der Waals surface area contributed by atoms with Crippen LogP contribution in [0.5, 0.6) is 0 Å². The second-order valence-electron chi connectivity index (χ2n) is 6.24. The summed E-state index contributed by atoms with van der Waals surface area (Å²) >= 11 is 1.53. The van der Waals surface area contributed by atoms with Gasteiger partial charge in [0.15, 0.2) is 5.82 Å². The number of nitrogens with zero attached hydrogens (tertiary/aromatic N) is 5. The van der Waals surface area contributed by atoms with Gasteiger partial charge >= 0.3 is 0 Å². The van der Waals surface area contributed by atoms with Gasteiger partial charge in [0.05, 0.1) is 22.2 Å². The molecule has 0 atom stereocenters.